The molecule has 1 saturated carbocycles. The maximum Gasteiger partial charge on any atom is 0.151 e. The predicted molar refractivity (Wildman–Crippen MR) is 79.2 cm³/mol. The van der Waals surface area contributed by atoms with Crippen LogP contribution in [0.1, 0.15) is 45.4 Å². The van der Waals surface area contributed by atoms with Crippen molar-refractivity contribution in [3.63, 3.8) is 0 Å². The molecule has 0 radical (unpaired) electrons. The highest BCUT2D eigenvalue weighted by Gasteiger charge is 2.34. The molecule has 1 aliphatic heterocycles. The van der Waals surface area contributed by atoms with Crippen molar-refractivity contribution in [3.8, 4) is 0 Å². The van der Waals surface area contributed by atoms with E-state index in [2.05, 4.69) is 10.2 Å². The van der Waals surface area contributed by atoms with Crippen LogP contribution in [0.2, 0.25) is 0 Å². The van der Waals surface area contributed by atoms with E-state index < -0.39 is 9.84 Å². The molecule has 0 bridgehead atoms. The lowest BCUT2D eigenvalue weighted by Gasteiger charge is -2.40. The van der Waals surface area contributed by atoms with Crippen molar-refractivity contribution < 1.29 is 8.42 Å². The van der Waals surface area contributed by atoms with Gasteiger partial charge in [-0.3, -0.25) is 0 Å². The molecule has 0 aromatic rings. The molecular formula is C14H28N2O2S. The van der Waals surface area contributed by atoms with Crippen LogP contribution in [0.25, 0.3) is 0 Å². The van der Waals surface area contributed by atoms with Crippen LogP contribution in [0.5, 0.6) is 0 Å². The van der Waals surface area contributed by atoms with Gasteiger partial charge in [0.1, 0.15) is 0 Å². The van der Waals surface area contributed by atoms with Gasteiger partial charge >= 0.3 is 0 Å². The van der Waals surface area contributed by atoms with Gasteiger partial charge in [-0.15, -0.1) is 0 Å². The van der Waals surface area contributed by atoms with Crippen LogP contribution < -0.4 is 5.32 Å². The Labute approximate surface area is 117 Å². The lowest BCUT2D eigenvalue weighted by atomic mass is 9.81. The number of nitrogens with zero attached hydrogens (tertiary/aromatic N) is 1. The van der Waals surface area contributed by atoms with E-state index in [9.17, 15) is 8.42 Å². The summed E-state index contributed by atoms with van der Waals surface area (Å²) >= 11 is 0. The Morgan fingerprint density at radius 1 is 1.16 bits per heavy atom. The van der Waals surface area contributed by atoms with Crippen LogP contribution in [0, 0.1) is 0 Å². The van der Waals surface area contributed by atoms with E-state index in [0.717, 1.165) is 26.1 Å². The number of rotatable bonds is 4. The van der Waals surface area contributed by atoms with Crippen molar-refractivity contribution in [2.24, 2.45) is 0 Å². The summed E-state index contributed by atoms with van der Waals surface area (Å²) in [7, 11) is -2.84. The molecule has 1 N–H and O–H groups in total. The van der Waals surface area contributed by atoms with Gasteiger partial charge in [-0.05, 0) is 32.4 Å². The molecule has 2 aliphatic rings. The molecule has 0 aromatic carbocycles. The monoisotopic (exact) mass is 288 g/mol. The van der Waals surface area contributed by atoms with E-state index in [-0.39, 0.29) is 11.3 Å². The third-order valence-corrected chi connectivity index (χ3v) is 6.33. The smallest absolute Gasteiger partial charge is 0.151 e. The Bertz CT molecular complexity index is 375. The average molecular weight is 288 g/mol. The fourth-order valence-electron chi connectivity index (χ4n) is 3.39. The number of sulfone groups is 1. The highest BCUT2D eigenvalue weighted by Crippen LogP contribution is 2.30. The Hall–Kier alpha value is -0.130. The molecule has 0 amide bonds. The van der Waals surface area contributed by atoms with Crippen molar-refractivity contribution in [2.45, 2.75) is 51.0 Å². The first-order chi connectivity index (χ1) is 9.05. The zero-order chi connectivity index (χ0) is 13.8. The Kier molecular flexibility index (Phi) is 5.26. The molecule has 112 valence electrons. The summed E-state index contributed by atoms with van der Waals surface area (Å²) in [5.41, 5.74) is 0.269. The normalized spacial score (nSPS) is 25.3. The largest absolute Gasteiger partial charge is 0.310 e. The minimum absolute atomic E-state index is 0.268. The Morgan fingerprint density at radius 3 is 2.58 bits per heavy atom. The van der Waals surface area contributed by atoms with Gasteiger partial charge in [0.15, 0.2) is 9.84 Å². The first-order valence-corrected chi connectivity index (χ1v) is 9.55. The number of hydrogen-bond donors (Lipinski definition) is 1. The molecule has 1 aliphatic carbocycles. The van der Waals surface area contributed by atoms with Gasteiger partial charge < -0.3 is 10.2 Å². The highest BCUT2D eigenvalue weighted by atomic mass is 32.2. The second-order valence-electron chi connectivity index (χ2n) is 6.13. The zero-order valence-corrected chi connectivity index (χ0v) is 13.0. The molecule has 0 unspecified atom stereocenters. The summed E-state index contributed by atoms with van der Waals surface area (Å²) < 4.78 is 23.3. The van der Waals surface area contributed by atoms with Gasteiger partial charge in [-0.25, -0.2) is 8.42 Å². The fraction of sp³-hybridized carbons (Fsp3) is 1.00. The first kappa shape index (κ1) is 15.3. The van der Waals surface area contributed by atoms with E-state index in [0.29, 0.717) is 12.3 Å². The van der Waals surface area contributed by atoms with Crippen molar-refractivity contribution in [2.75, 3.05) is 37.7 Å². The van der Waals surface area contributed by atoms with Gasteiger partial charge in [0, 0.05) is 24.4 Å². The number of nitrogens with one attached hydrogen (secondary N) is 1. The third kappa shape index (κ3) is 4.43. The minimum atomic E-state index is -2.84. The maximum absolute atomic E-state index is 11.7. The second kappa shape index (κ2) is 6.55. The van der Waals surface area contributed by atoms with E-state index in [1.807, 2.05) is 0 Å². The lowest BCUT2D eigenvalue weighted by Crippen LogP contribution is -2.53. The SMILES string of the molecule is CCS(=O)(=O)CCN1CCCNC2(CCCCC2)C1. The molecule has 4 nitrogen and oxygen atoms in total. The maximum atomic E-state index is 11.7. The summed E-state index contributed by atoms with van der Waals surface area (Å²) in [6.07, 6.45) is 7.62. The minimum Gasteiger partial charge on any atom is -0.310 e. The molecule has 19 heavy (non-hydrogen) atoms. The molecule has 2 fully saturated rings. The van der Waals surface area contributed by atoms with E-state index >= 15 is 0 Å². The Morgan fingerprint density at radius 2 is 1.89 bits per heavy atom. The van der Waals surface area contributed by atoms with E-state index in [1.165, 1.54) is 32.1 Å². The van der Waals surface area contributed by atoms with Crippen LogP contribution in [0.4, 0.5) is 0 Å². The summed E-state index contributed by atoms with van der Waals surface area (Å²) in [5.74, 6) is 0.587. The molecule has 0 aromatic heterocycles. The summed E-state index contributed by atoms with van der Waals surface area (Å²) in [4.78, 5) is 2.37. The quantitative estimate of drug-likeness (QED) is 0.850. The second-order valence-corrected chi connectivity index (χ2v) is 8.61. The summed E-state index contributed by atoms with van der Waals surface area (Å²) in [6, 6.07) is 0. The third-order valence-electron chi connectivity index (χ3n) is 4.65. The van der Waals surface area contributed by atoms with Gasteiger partial charge in [0.2, 0.25) is 0 Å². The van der Waals surface area contributed by atoms with Crippen molar-refractivity contribution in [1.29, 1.82) is 0 Å². The highest BCUT2D eigenvalue weighted by molar-refractivity contribution is 7.91. The molecule has 1 saturated heterocycles. The number of hydrogen-bond acceptors (Lipinski definition) is 4. The topological polar surface area (TPSA) is 49.4 Å². The molecule has 2 rings (SSSR count). The van der Waals surface area contributed by atoms with Crippen LogP contribution >= 0.6 is 0 Å². The molecular weight excluding hydrogens is 260 g/mol. The first-order valence-electron chi connectivity index (χ1n) is 7.73. The molecule has 1 heterocycles. The van der Waals surface area contributed by atoms with Crippen molar-refractivity contribution >= 4 is 9.84 Å². The van der Waals surface area contributed by atoms with Gasteiger partial charge in [-0.2, -0.15) is 0 Å². The average Bonchev–Trinajstić information content (AvgIpc) is 2.60. The van der Waals surface area contributed by atoms with Gasteiger partial charge in [0.05, 0.1) is 5.75 Å². The van der Waals surface area contributed by atoms with E-state index in [1.54, 1.807) is 6.92 Å². The van der Waals surface area contributed by atoms with Crippen molar-refractivity contribution in [1.82, 2.24) is 10.2 Å². The summed E-state index contributed by atoms with van der Waals surface area (Å²) in [6.45, 7) is 5.60. The van der Waals surface area contributed by atoms with Crippen LogP contribution in [0.3, 0.4) is 0 Å². The lowest BCUT2D eigenvalue weighted by molar-refractivity contribution is 0.169. The zero-order valence-electron chi connectivity index (χ0n) is 12.2. The van der Waals surface area contributed by atoms with Crippen LogP contribution in [-0.2, 0) is 9.84 Å². The summed E-state index contributed by atoms with van der Waals surface area (Å²) in [5, 5.41) is 3.75. The predicted octanol–water partition coefficient (Wildman–Crippen LogP) is 1.42. The molecule has 0 atom stereocenters. The fourth-order valence-corrected chi connectivity index (χ4v) is 4.21. The standard InChI is InChI=1S/C14H28N2O2S/c1-2-19(17,18)12-11-16-10-6-9-15-14(13-16)7-4-3-5-8-14/h15H,2-13H2,1H3. The molecule has 1 spiro atoms. The van der Waals surface area contributed by atoms with Crippen LogP contribution in [0.15, 0.2) is 0 Å². The van der Waals surface area contributed by atoms with Gasteiger partial charge in [-0.1, -0.05) is 26.2 Å². The molecule has 5 heteroatoms. The van der Waals surface area contributed by atoms with Crippen LogP contribution in [-0.4, -0.2) is 56.5 Å². The Balaban J connectivity index is 1.93. The van der Waals surface area contributed by atoms with Crippen molar-refractivity contribution in [3.05, 3.63) is 0 Å². The van der Waals surface area contributed by atoms with E-state index in [4.69, 9.17) is 0 Å². The van der Waals surface area contributed by atoms with Gasteiger partial charge in [0.25, 0.3) is 0 Å².